The van der Waals surface area contributed by atoms with E-state index in [1.165, 1.54) is 17.7 Å². The number of allylic oxidation sites excluding steroid dienone is 3. The van der Waals surface area contributed by atoms with E-state index in [4.69, 9.17) is 0 Å². The third-order valence-electron chi connectivity index (χ3n) is 14.2. The first-order valence-electron chi connectivity index (χ1n) is 16.2. The Morgan fingerprint density at radius 1 is 0.907 bits per heavy atom. The van der Waals surface area contributed by atoms with Gasteiger partial charge in [0, 0.05) is 16.7 Å². The molecule has 1 aromatic carbocycles. The summed E-state index contributed by atoms with van der Waals surface area (Å²) in [5.74, 6) is 0.513. The highest BCUT2D eigenvalue weighted by atomic mass is 19.1. The summed E-state index contributed by atoms with van der Waals surface area (Å²) in [6, 6.07) is 6.32. The molecule has 0 N–H and O–H groups in total. The van der Waals surface area contributed by atoms with Crippen molar-refractivity contribution in [1.82, 2.24) is 0 Å². The quantitative estimate of drug-likeness (QED) is 0.323. The first-order valence-corrected chi connectivity index (χ1v) is 16.2. The van der Waals surface area contributed by atoms with Crippen molar-refractivity contribution >= 4 is 23.4 Å². The second kappa shape index (κ2) is 9.82. The summed E-state index contributed by atoms with van der Waals surface area (Å²) in [6.07, 6.45) is 11.4. The molecule has 3 nitrogen and oxygen atoms in total. The second-order valence-corrected chi connectivity index (χ2v) is 16.8. The lowest BCUT2D eigenvalue weighted by molar-refractivity contribution is -0.182. The first-order chi connectivity index (χ1) is 19.4. The molecule has 6 rings (SSSR count). The molecule has 8 unspecified atom stereocenters. The van der Waals surface area contributed by atoms with Crippen molar-refractivity contribution in [3.05, 3.63) is 52.9 Å². The van der Waals surface area contributed by atoms with E-state index in [0.717, 1.165) is 56.1 Å². The Kier molecular flexibility index (Phi) is 7.32. The molecule has 4 saturated carbocycles. The molecule has 0 saturated heterocycles. The van der Waals surface area contributed by atoms with Crippen LogP contribution in [0.5, 0.6) is 0 Å². The monoisotopic (exact) mass is 588 g/mol. The van der Waals surface area contributed by atoms with E-state index in [1.807, 2.05) is 12.2 Å². The maximum Gasteiger partial charge on any atom is 0.164 e. The van der Waals surface area contributed by atoms with Crippen LogP contribution in [0.25, 0.3) is 6.08 Å². The van der Waals surface area contributed by atoms with Gasteiger partial charge >= 0.3 is 0 Å². The van der Waals surface area contributed by atoms with E-state index >= 15 is 0 Å². The number of carbonyl (C=O) groups is 3. The van der Waals surface area contributed by atoms with Crippen LogP contribution in [0.3, 0.4) is 0 Å². The molecule has 0 aromatic heterocycles. The van der Waals surface area contributed by atoms with Crippen molar-refractivity contribution in [2.75, 3.05) is 0 Å². The van der Waals surface area contributed by atoms with Gasteiger partial charge in [0.2, 0.25) is 0 Å². The standard InChI is InChI=1S/C38H49FO3.CH4/c1-23(40)35(5)16-15-34(4)17-18-37(7)27(28(34)22-35)20-29(41)31-36(6)21-25(19-24-9-11-26(39)12-10-24)32(42)33(2,3)30(36)13-14-38(31,37)8;/h9-12,19-20,28,30-31H,13-18,21-22H2,1-8H3;1H4/b25-19+;. The Morgan fingerprint density at radius 2 is 1.53 bits per heavy atom. The Morgan fingerprint density at radius 3 is 2.16 bits per heavy atom. The summed E-state index contributed by atoms with van der Waals surface area (Å²) in [7, 11) is 0. The Balaban J connectivity index is 0.00000368. The molecule has 0 radical (unpaired) electrons. The van der Waals surface area contributed by atoms with Gasteiger partial charge in [0.15, 0.2) is 11.6 Å². The topological polar surface area (TPSA) is 51.2 Å². The third kappa shape index (κ3) is 4.27. The number of hydrogen-bond donors (Lipinski definition) is 0. The van der Waals surface area contributed by atoms with Gasteiger partial charge in [-0.15, -0.1) is 0 Å². The highest BCUT2D eigenvalue weighted by Crippen LogP contribution is 2.75. The minimum absolute atomic E-state index is 0. The molecule has 5 aliphatic rings. The fourth-order valence-corrected chi connectivity index (χ4v) is 11.2. The summed E-state index contributed by atoms with van der Waals surface area (Å²) >= 11 is 0. The van der Waals surface area contributed by atoms with Gasteiger partial charge in [-0.2, -0.15) is 0 Å². The summed E-state index contributed by atoms with van der Waals surface area (Å²) in [4.78, 5) is 41.5. The average molecular weight is 589 g/mol. The first kappa shape index (κ1) is 32.0. The van der Waals surface area contributed by atoms with Crippen molar-refractivity contribution in [3.63, 3.8) is 0 Å². The van der Waals surface area contributed by atoms with Crippen LogP contribution in [0, 0.1) is 56.1 Å². The van der Waals surface area contributed by atoms with Gasteiger partial charge in [0.25, 0.3) is 0 Å². The van der Waals surface area contributed by atoms with Gasteiger partial charge in [0.05, 0.1) is 0 Å². The van der Waals surface area contributed by atoms with Gasteiger partial charge in [-0.05, 0) is 127 Å². The zero-order valence-electron chi connectivity index (χ0n) is 27.0. The molecule has 4 heteroatoms. The molecule has 0 spiro atoms. The normalized spacial score (nSPS) is 44.3. The second-order valence-electron chi connectivity index (χ2n) is 16.8. The van der Waals surface area contributed by atoms with Crippen LogP contribution in [0.4, 0.5) is 4.39 Å². The molecule has 8 atom stereocenters. The molecule has 0 amide bonds. The third-order valence-corrected chi connectivity index (χ3v) is 14.2. The lowest BCUT2D eigenvalue weighted by atomic mass is 9.33. The number of ketones is 3. The number of carbonyl (C=O) groups excluding carboxylic acids is 3. The maximum absolute atomic E-state index is 14.7. The van der Waals surface area contributed by atoms with Crippen molar-refractivity contribution in [2.45, 2.75) is 114 Å². The molecular weight excluding hydrogens is 535 g/mol. The maximum atomic E-state index is 14.7. The fourth-order valence-electron chi connectivity index (χ4n) is 11.2. The molecule has 4 fully saturated rings. The number of hydrogen-bond acceptors (Lipinski definition) is 3. The lowest BCUT2D eigenvalue weighted by Gasteiger charge is -2.70. The van der Waals surface area contributed by atoms with Crippen molar-refractivity contribution in [3.8, 4) is 0 Å². The lowest BCUT2D eigenvalue weighted by Crippen LogP contribution is -2.66. The SMILES string of the molecule is C.CC(=O)C1(C)CCC2(C)CCC3(C)C(=CC(=O)C4C5(C)C/C(=C\c6ccc(F)cc6)C(=O)C(C)(C)C5CCC43C)C2C1. The Hall–Kier alpha value is -2.36. The van der Waals surface area contributed by atoms with E-state index in [0.29, 0.717) is 6.42 Å². The van der Waals surface area contributed by atoms with Crippen molar-refractivity contribution in [1.29, 1.82) is 0 Å². The predicted octanol–water partition coefficient (Wildman–Crippen LogP) is 9.59. The summed E-state index contributed by atoms with van der Waals surface area (Å²) in [6.45, 7) is 17.5. The number of Topliss-reactive ketones (excluding diaryl/α,β-unsaturated/α-hetero) is 2. The van der Waals surface area contributed by atoms with E-state index in [-0.39, 0.29) is 75.4 Å². The average Bonchev–Trinajstić information content (AvgIpc) is 2.90. The summed E-state index contributed by atoms with van der Waals surface area (Å²) in [5.41, 5.74) is 1.33. The van der Waals surface area contributed by atoms with E-state index in [9.17, 15) is 18.8 Å². The molecule has 43 heavy (non-hydrogen) atoms. The van der Waals surface area contributed by atoms with Crippen LogP contribution in [-0.4, -0.2) is 17.3 Å². The number of benzene rings is 1. The van der Waals surface area contributed by atoms with Crippen LogP contribution in [-0.2, 0) is 14.4 Å². The van der Waals surface area contributed by atoms with Crippen LogP contribution >= 0.6 is 0 Å². The molecule has 1 aromatic rings. The summed E-state index contributed by atoms with van der Waals surface area (Å²) < 4.78 is 13.7. The minimum atomic E-state index is -0.594. The fraction of sp³-hybridized carbons (Fsp3) is 0.667. The van der Waals surface area contributed by atoms with Crippen LogP contribution in [0.1, 0.15) is 120 Å². The number of fused-ring (bicyclic) bond motifs is 7. The zero-order chi connectivity index (χ0) is 30.7. The van der Waals surface area contributed by atoms with Crippen LogP contribution in [0.2, 0.25) is 0 Å². The smallest absolute Gasteiger partial charge is 0.164 e. The molecule has 0 bridgehead atoms. The number of halogens is 1. The van der Waals surface area contributed by atoms with Gasteiger partial charge in [-0.3, -0.25) is 14.4 Å². The van der Waals surface area contributed by atoms with Crippen LogP contribution in [0.15, 0.2) is 41.5 Å². The largest absolute Gasteiger partial charge is 0.299 e. The van der Waals surface area contributed by atoms with E-state index < -0.39 is 5.41 Å². The molecule has 0 aliphatic heterocycles. The molecule has 234 valence electrons. The van der Waals surface area contributed by atoms with Gasteiger partial charge in [-0.25, -0.2) is 4.39 Å². The number of rotatable bonds is 2. The molecule has 0 heterocycles. The van der Waals surface area contributed by atoms with E-state index in [1.54, 1.807) is 19.1 Å². The van der Waals surface area contributed by atoms with Crippen molar-refractivity contribution < 1.29 is 18.8 Å². The van der Waals surface area contributed by atoms with E-state index in [2.05, 4.69) is 48.5 Å². The zero-order valence-corrected chi connectivity index (χ0v) is 27.0. The van der Waals surface area contributed by atoms with Crippen molar-refractivity contribution in [2.24, 2.45) is 50.2 Å². The van der Waals surface area contributed by atoms with Crippen LogP contribution < -0.4 is 0 Å². The van der Waals surface area contributed by atoms with Gasteiger partial charge in [-0.1, -0.05) is 73.6 Å². The molecule has 5 aliphatic carbocycles. The minimum Gasteiger partial charge on any atom is -0.299 e. The Labute approximate surface area is 259 Å². The Bertz CT molecular complexity index is 1430. The highest BCUT2D eigenvalue weighted by molar-refractivity contribution is 6.05. The summed E-state index contributed by atoms with van der Waals surface area (Å²) in [5, 5.41) is 0. The molecular formula is C39H53FO3. The highest BCUT2D eigenvalue weighted by Gasteiger charge is 2.70. The predicted molar refractivity (Wildman–Crippen MR) is 172 cm³/mol. The van der Waals surface area contributed by atoms with Gasteiger partial charge < -0.3 is 0 Å². The van der Waals surface area contributed by atoms with Gasteiger partial charge in [0.1, 0.15) is 11.6 Å².